The summed E-state index contributed by atoms with van der Waals surface area (Å²) in [6.07, 6.45) is 79.0. The minimum atomic E-state index is -4.99. The third-order valence-electron chi connectivity index (χ3n) is 15.9. The van der Waals surface area contributed by atoms with Gasteiger partial charge in [0.15, 0.2) is 12.2 Å². The second kappa shape index (κ2) is 72.8. The summed E-state index contributed by atoms with van der Waals surface area (Å²) in [4.78, 5) is 72.9. The maximum Gasteiger partial charge on any atom is 0.472 e. The average molecular weight is 1450 g/mol. The van der Waals surface area contributed by atoms with Crippen LogP contribution >= 0.6 is 15.6 Å². The van der Waals surface area contributed by atoms with Gasteiger partial charge < -0.3 is 33.8 Å². The van der Waals surface area contributed by atoms with Gasteiger partial charge in [-0.05, 0) is 128 Å². The molecule has 0 bridgehead atoms. The highest BCUT2D eigenvalue weighted by atomic mass is 31.2. The topological polar surface area (TPSA) is 237 Å². The van der Waals surface area contributed by atoms with Crippen LogP contribution < -0.4 is 0 Å². The highest BCUT2D eigenvalue weighted by molar-refractivity contribution is 7.47. The largest absolute Gasteiger partial charge is 0.472 e. The predicted octanol–water partition coefficient (Wildman–Crippen LogP) is 22.3. The highest BCUT2D eigenvalue weighted by Crippen LogP contribution is 2.45. The van der Waals surface area contributed by atoms with Gasteiger partial charge in [-0.3, -0.25) is 37.3 Å². The van der Waals surface area contributed by atoms with Crippen molar-refractivity contribution in [2.45, 2.75) is 329 Å². The maximum atomic E-state index is 13.1. The highest BCUT2D eigenvalue weighted by Gasteiger charge is 2.30. The number of hydrogen-bond donors (Lipinski definition) is 3. The van der Waals surface area contributed by atoms with Crippen molar-refractivity contribution in [2.24, 2.45) is 0 Å². The summed E-state index contributed by atoms with van der Waals surface area (Å²) >= 11 is 0. The number of allylic oxidation sites excluding steroid dienone is 20. The normalized spacial score (nSPS) is 14.6. The Labute approximate surface area is 606 Å². The van der Waals surface area contributed by atoms with Crippen molar-refractivity contribution in [1.29, 1.82) is 0 Å². The summed E-state index contributed by atoms with van der Waals surface area (Å²) in [5.41, 5.74) is 0. The zero-order valence-corrected chi connectivity index (χ0v) is 64.4. The molecule has 100 heavy (non-hydrogen) atoms. The van der Waals surface area contributed by atoms with Crippen LogP contribution in [0.15, 0.2) is 122 Å². The molecule has 0 aromatic heterocycles. The smallest absolute Gasteiger partial charge is 0.462 e. The Morgan fingerprint density at radius 2 is 0.540 bits per heavy atom. The molecular formula is C81H138O17P2. The number of phosphoric ester groups is 2. The van der Waals surface area contributed by atoms with E-state index in [2.05, 4.69) is 149 Å². The first-order valence-electron chi connectivity index (χ1n) is 38.8. The van der Waals surface area contributed by atoms with E-state index in [0.29, 0.717) is 32.1 Å². The fourth-order valence-corrected chi connectivity index (χ4v) is 11.6. The molecule has 0 saturated carbocycles. The van der Waals surface area contributed by atoms with Gasteiger partial charge in [-0.15, -0.1) is 0 Å². The number of rotatable bonds is 72. The van der Waals surface area contributed by atoms with Crippen molar-refractivity contribution in [3.63, 3.8) is 0 Å². The molecule has 0 aromatic carbocycles. The van der Waals surface area contributed by atoms with Gasteiger partial charge in [0, 0.05) is 25.7 Å². The monoisotopic (exact) mass is 1440 g/mol. The summed E-state index contributed by atoms with van der Waals surface area (Å²) in [6.45, 7) is 4.50. The van der Waals surface area contributed by atoms with Crippen molar-refractivity contribution in [3.05, 3.63) is 122 Å². The predicted molar refractivity (Wildman–Crippen MR) is 408 cm³/mol. The Kier molecular flexibility index (Phi) is 69.5. The number of phosphoric acid groups is 2. The van der Waals surface area contributed by atoms with Crippen LogP contribution in [0.3, 0.4) is 0 Å². The van der Waals surface area contributed by atoms with E-state index in [-0.39, 0.29) is 25.7 Å². The van der Waals surface area contributed by atoms with E-state index in [4.69, 9.17) is 37.0 Å². The first kappa shape index (κ1) is 95.5. The molecule has 0 aliphatic rings. The molecule has 0 amide bonds. The van der Waals surface area contributed by atoms with Crippen LogP contribution in [-0.4, -0.2) is 96.7 Å². The summed E-state index contributed by atoms with van der Waals surface area (Å²) in [6, 6.07) is 0. The van der Waals surface area contributed by atoms with Gasteiger partial charge in [-0.2, -0.15) is 0 Å². The van der Waals surface area contributed by atoms with Crippen molar-refractivity contribution < 1.29 is 80.2 Å². The van der Waals surface area contributed by atoms with Gasteiger partial charge in [0.05, 0.1) is 26.4 Å². The fourth-order valence-electron chi connectivity index (χ4n) is 10.1. The SMILES string of the molecule is CC/C=C\C/C=C\C/C=C\C/C=C\CCCCCCC(=O)OCC(COP(=O)(O)OCC(O)COP(=O)(O)OCC(COC(=O)CCCCCCCCCCCCCCCCC)OC(=O)CCCCCCC/C=C\C/C=C\CCC)OC(=O)CCCC/C=C\C/C=C\C/C=C\C/C=C\CC. The van der Waals surface area contributed by atoms with Crippen LogP contribution in [0.25, 0.3) is 0 Å². The molecule has 17 nitrogen and oxygen atoms in total. The summed E-state index contributed by atoms with van der Waals surface area (Å²) in [5.74, 6) is -2.26. The van der Waals surface area contributed by atoms with Gasteiger partial charge in [-0.25, -0.2) is 9.13 Å². The number of esters is 4. The van der Waals surface area contributed by atoms with Crippen molar-refractivity contribution in [3.8, 4) is 0 Å². The molecule has 0 radical (unpaired) electrons. The van der Waals surface area contributed by atoms with E-state index in [0.717, 1.165) is 154 Å². The lowest BCUT2D eigenvalue weighted by molar-refractivity contribution is -0.161. The third kappa shape index (κ3) is 71.8. The zero-order valence-electron chi connectivity index (χ0n) is 62.6. The first-order valence-corrected chi connectivity index (χ1v) is 41.8. The Morgan fingerprint density at radius 1 is 0.290 bits per heavy atom. The molecule has 0 saturated heterocycles. The number of aliphatic hydroxyl groups is 1. The van der Waals surface area contributed by atoms with Crippen LogP contribution in [0, 0.1) is 0 Å². The molecule has 5 unspecified atom stereocenters. The molecular weight excluding hydrogens is 1310 g/mol. The first-order chi connectivity index (χ1) is 48.7. The minimum Gasteiger partial charge on any atom is -0.462 e. The number of hydrogen-bond acceptors (Lipinski definition) is 15. The number of carbonyl (C=O) groups is 4. The molecule has 0 aliphatic heterocycles. The van der Waals surface area contributed by atoms with E-state index in [1.54, 1.807) is 0 Å². The molecule has 574 valence electrons. The van der Waals surface area contributed by atoms with Crippen molar-refractivity contribution in [2.75, 3.05) is 39.6 Å². The van der Waals surface area contributed by atoms with E-state index in [1.807, 2.05) is 0 Å². The Bertz CT molecular complexity index is 2370. The lowest BCUT2D eigenvalue weighted by atomic mass is 10.0. The van der Waals surface area contributed by atoms with Crippen LogP contribution in [0.5, 0.6) is 0 Å². The zero-order chi connectivity index (χ0) is 73.2. The van der Waals surface area contributed by atoms with Crippen LogP contribution in [0.2, 0.25) is 0 Å². The van der Waals surface area contributed by atoms with Crippen LogP contribution in [0.4, 0.5) is 0 Å². The maximum absolute atomic E-state index is 13.1. The summed E-state index contributed by atoms with van der Waals surface area (Å²) < 4.78 is 68.5. The second-order valence-corrected chi connectivity index (χ2v) is 28.4. The lowest BCUT2D eigenvalue weighted by Crippen LogP contribution is -2.30. The van der Waals surface area contributed by atoms with Gasteiger partial charge in [0.25, 0.3) is 0 Å². The number of unbranched alkanes of at least 4 members (excludes halogenated alkanes) is 26. The molecule has 0 fully saturated rings. The van der Waals surface area contributed by atoms with Crippen molar-refractivity contribution in [1.82, 2.24) is 0 Å². The standard InChI is InChI=1S/C81H138O17P2/c1-5-9-13-17-21-25-29-33-36-37-40-43-46-50-54-58-62-66-79(84)92-72-77(98-81(86)68-64-60-56-52-48-44-39-35-31-27-23-19-15-11-7-3)74-96-100(89,90)94-70-75(82)69-93-99(87,88)95-73-76(97-80(85)67-63-59-55-51-47-41-32-28-24-20-16-12-8-4)71-91-78(83)65-61-57-53-49-45-42-38-34-30-26-22-18-14-10-6-2/h9,11,13,15-16,20-21,23,25,27-28,32-33,35-36,39-40,43,48,52,75-77,82H,5-8,10,12,14,17-19,22,24,26,29-31,34,37-38,41-42,44-47,49-51,53-74H2,1-4H3,(H,87,88)(H,89,90)/b13-9-,15-11-,20-16-,25-21-,27-23-,32-28-,36-33-,39-35-,43-40-,52-48-. The molecule has 5 atom stereocenters. The lowest BCUT2D eigenvalue weighted by Gasteiger charge is -2.21. The fraction of sp³-hybridized carbons (Fsp3) is 0.704. The van der Waals surface area contributed by atoms with Gasteiger partial charge >= 0.3 is 39.5 Å². The minimum absolute atomic E-state index is 0.0343. The summed E-state index contributed by atoms with van der Waals surface area (Å²) in [7, 11) is -9.98. The molecule has 0 aromatic rings. The Hall–Kier alpha value is -4.54. The molecule has 0 rings (SSSR count). The van der Waals surface area contributed by atoms with E-state index in [1.165, 1.54) is 70.6 Å². The second-order valence-electron chi connectivity index (χ2n) is 25.5. The molecule has 19 heteroatoms. The third-order valence-corrected chi connectivity index (χ3v) is 17.8. The molecule has 0 aliphatic carbocycles. The Balaban J connectivity index is 5.40. The number of carbonyl (C=O) groups excluding carboxylic acids is 4. The quantitative estimate of drug-likeness (QED) is 0.0169. The molecule has 0 spiro atoms. The summed E-state index contributed by atoms with van der Waals surface area (Å²) in [5, 5.41) is 10.6. The average Bonchev–Trinajstić information content (AvgIpc) is 1.06. The van der Waals surface area contributed by atoms with Gasteiger partial charge in [-0.1, -0.05) is 278 Å². The Morgan fingerprint density at radius 3 is 0.860 bits per heavy atom. The van der Waals surface area contributed by atoms with Crippen LogP contribution in [-0.2, 0) is 65.4 Å². The molecule has 0 heterocycles. The van der Waals surface area contributed by atoms with E-state index >= 15 is 0 Å². The van der Waals surface area contributed by atoms with E-state index in [9.17, 15) is 43.2 Å². The van der Waals surface area contributed by atoms with E-state index < -0.39 is 97.5 Å². The number of aliphatic hydroxyl groups excluding tert-OH is 1. The van der Waals surface area contributed by atoms with Crippen molar-refractivity contribution >= 4 is 39.5 Å². The number of ether oxygens (including phenoxy) is 4. The van der Waals surface area contributed by atoms with Gasteiger partial charge in [0.2, 0.25) is 0 Å². The molecule has 3 N–H and O–H groups in total. The van der Waals surface area contributed by atoms with Crippen LogP contribution in [0.1, 0.15) is 310 Å². The van der Waals surface area contributed by atoms with Gasteiger partial charge in [0.1, 0.15) is 19.3 Å².